The normalized spacial score (nSPS) is 17.8. The molecule has 4 aromatic rings. The van der Waals surface area contributed by atoms with Crippen LogP contribution in [0.25, 0.3) is 11.1 Å². The van der Waals surface area contributed by atoms with Crippen LogP contribution in [0.3, 0.4) is 0 Å². The Morgan fingerprint density at radius 2 is 1.12 bits per heavy atom. The number of ketones is 2. The Kier molecular flexibility index (Phi) is 5.80. The molecule has 2 aliphatic rings. The number of phenols is 7. The zero-order valence-electron chi connectivity index (χ0n) is 21.0. The highest BCUT2D eigenvalue weighted by Crippen LogP contribution is 2.52. The molecule has 0 spiro atoms. The van der Waals surface area contributed by atoms with Gasteiger partial charge in [0.2, 0.25) is 0 Å². The number of Topliss-reactive ketones (excluding diaryl/α,β-unsaturated/α-hetero) is 2. The van der Waals surface area contributed by atoms with Crippen LogP contribution in [-0.2, 0) is 0 Å². The lowest BCUT2D eigenvalue weighted by molar-refractivity contribution is 0.0834. The van der Waals surface area contributed by atoms with Crippen molar-refractivity contribution >= 4 is 11.6 Å². The molecule has 2 atom stereocenters. The monoisotopic (exact) mass is 558 g/mol. The van der Waals surface area contributed by atoms with Crippen LogP contribution in [0.1, 0.15) is 56.9 Å². The van der Waals surface area contributed by atoms with Gasteiger partial charge in [0.15, 0.2) is 23.1 Å². The Labute approximate surface area is 231 Å². The number of rotatable bonds is 3. The molecule has 11 heteroatoms. The van der Waals surface area contributed by atoms with Crippen molar-refractivity contribution in [1.29, 1.82) is 0 Å². The van der Waals surface area contributed by atoms with Gasteiger partial charge in [0, 0.05) is 23.8 Å². The number of carbonyl (C=O) groups excluding carboxylic acids is 2. The van der Waals surface area contributed by atoms with Crippen LogP contribution in [-0.4, -0.2) is 47.3 Å². The van der Waals surface area contributed by atoms with Gasteiger partial charge in [-0.2, -0.15) is 0 Å². The molecule has 7 N–H and O–H groups in total. The van der Waals surface area contributed by atoms with Gasteiger partial charge in [-0.05, 0) is 35.4 Å². The number of hydrogen-bond acceptors (Lipinski definition) is 11. The van der Waals surface area contributed by atoms with Crippen LogP contribution in [0.15, 0.2) is 54.6 Å². The first-order chi connectivity index (χ1) is 19.5. The van der Waals surface area contributed by atoms with Crippen molar-refractivity contribution in [2.45, 2.75) is 25.0 Å². The Balaban J connectivity index is 1.45. The Morgan fingerprint density at radius 1 is 0.537 bits per heavy atom. The highest BCUT2D eigenvalue weighted by Gasteiger charge is 2.36. The minimum Gasteiger partial charge on any atom is -0.508 e. The third-order valence-electron chi connectivity index (χ3n) is 7.17. The van der Waals surface area contributed by atoms with Crippen LogP contribution < -0.4 is 9.47 Å². The molecule has 0 bridgehead atoms. The van der Waals surface area contributed by atoms with Crippen LogP contribution >= 0.6 is 0 Å². The number of ether oxygens (including phenoxy) is 2. The average molecular weight is 558 g/mol. The Hall–Kier alpha value is -5.58. The molecule has 6 rings (SSSR count). The maximum Gasteiger partial charge on any atom is 0.174 e. The first kappa shape index (κ1) is 25.7. The molecule has 0 aromatic heterocycles. The summed E-state index contributed by atoms with van der Waals surface area (Å²) in [5, 5.41) is 71.8. The smallest absolute Gasteiger partial charge is 0.174 e. The molecule has 0 amide bonds. The van der Waals surface area contributed by atoms with E-state index in [-0.39, 0.29) is 63.8 Å². The van der Waals surface area contributed by atoms with Gasteiger partial charge >= 0.3 is 0 Å². The molecule has 0 fully saturated rings. The van der Waals surface area contributed by atoms with E-state index in [2.05, 4.69) is 0 Å². The van der Waals surface area contributed by atoms with Gasteiger partial charge < -0.3 is 45.2 Å². The van der Waals surface area contributed by atoms with E-state index in [1.807, 2.05) is 0 Å². The standard InChI is InChI=1S/C30H22O11/c31-14-7-19(35)28-22(38)10-24(40-26(28)8-14)12-1-3-16(32)15(5-12)27-20(36)9-21(37)29-23(39)11-25(41-30(27)29)13-2-4-17(33)18(34)6-13/h1-9,24-25,31-37H,10-11H2. The molecule has 0 aliphatic carbocycles. The predicted octanol–water partition coefficient (Wildman–Crippen LogP) is 4.71. The minimum absolute atomic E-state index is 0.00106. The van der Waals surface area contributed by atoms with E-state index < -0.39 is 46.8 Å². The summed E-state index contributed by atoms with van der Waals surface area (Å²) in [5.74, 6) is -4.13. The first-order valence-electron chi connectivity index (χ1n) is 12.4. The number of benzene rings is 4. The summed E-state index contributed by atoms with van der Waals surface area (Å²) in [7, 11) is 0. The number of hydrogen-bond donors (Lipinski definition) is 7. The van der Waals surface area contributed by atoms with Crippen molar-refractivity contribution in [3.63, 3.8) is 0 Å². The molecule has 11 nitrogen and oxygen atoms in total. The van der Waals surface area contributed by atoms with Crippen LogP contribution in [0, 0.1) is 0 Å². The second-order valence-corrected chi connectivity index (χ2v) is 9.82. The second-order valence-electron chi connectivity index (χ2n) is 9.82. The largest absolute Gasteiger partial charge is 0.508 e. The summed E-state index contributed by atoms with van der Waals surface area (Å²) >= 11 is 0. The van der Waals surface area contributed by atoms with Crippen LogP contribution in [0.4, 0.5) is 0 Å². The summed E-state index contributed by atoms with van der Waals surface area (Å²) in [6.07, 6.45) is -2.28. The molecule has 208 valence electrons. The lowest BCUT2D eigenvalue weighted by Gasteiger charge is -2.29. The Bertz CT molecular complexity index is 1780. The quantitative estimate of drug-likeness (QED) is 0.172. The van der Waals surface area contributed by atoms with E-state index in [1.165, 1.54) is 42.5 Å². The maximum absolute atomic E-state index is 13.1. The topological polar surface area (TPSA) is 194 Å². The van der Waals surface area contributed by atoms with E-state index in [0.29, 0.717) is 11.1 Å². The Morgan fingerprint density at radius 3 is 1.83 bits per heavy atom. The summed E-state index contributed by atoms with van der Waals surface area (Å²) in [6.45, 7) is 0. The zero-order valence-corrected chi connectivity index (χ0v) is 21.0. The van der Waals surface area contributed by atoms with Crippen molar-refractivity contribution < 1.29 is 54.8 Å². The fraction of sp³-hybridized carbons (Fsp3) is 0.133. The van der Waals surface area contributed by atoms with Gasteiger partial charge in [0.05, 0.1) is 18.4 Å². The molecular formula is C30H22O11. The van der Waals surface area contributed by atoms with E-state index >= 15 is 0 Å². The van der Waals surface area contributed by atoms with Gasteiger partial charge in [-0.15, -0.1) is 0 Å². The van der Waals surface area contributed by atoms with E-state index in [4.69, 9.17) is 9.47 Å². The van der Waals surface area contributed by atoms with E-state index in [0.717, 1.165) is 12.1 Å². The van der Waals surface area contributed by atoms with Crippen molar-refractivity contribution in [2.75, 3.05) is 0 Å². The third-order valence-corrected chi connectivity index (χ3v) is 7.17. The van der Waals surface area contributed by atoms with Gasteiger partial charge in [-0.3, -0.25) is 9.59 Å². The molecule has 2 aliphatic heterocycles. The highest BCUT2D eigenvalue weighted by molar-refractivity contribution is 6.06. The van der Waals surface area contributed by atoms with Crippen molar-refractivity contribution in [1.82, 2.24) is 0 Å². The summed E-state index contributed by atoms with van der Waals surface area (Å²) in [5.41, 5.74) is 0.315. The number of fused-ring (bicyclic) bond motifs is 2. The van der Waals surface area contributed by atoms with Gasteiger partial charge in [0.1, 0.15) is 63.6 Å². The summed E-state index contributed by atoms with van der Waals surface area (Å²) in [6, 6.07) is 11.3. The molecule has 0 saturated heterocycles. The van der Waals surface area contributed by atoms with Gasteiger partial charge in [-0.1, -0.05) is 12.1 Å². The molecule has 4 aromatic carbocycles. The number of aromatic hydroxyl groups is 7. The lowest BCUT2D eigenvalue weighted by Crippen LogP contribution is -2.21. The molecule has 41 heavy (non-hydrogen) atoms. The molecule has 0 radical (unpaired) electrons. The number of carbonyl (C=O) groups is 2. The maximum atomic E-state index is 13.1. The van der Waals surface area contributed by atoms with Crippen LogP contribution in [0.5, 0.6) is 51.7 Å². The lowest BCUT2D eigenvalue weighted by atomic mass is 9.89. The summed E-state index contributed by atoms with van der Waals surface area (Å²) in [4.78, 5) is 26.0. The third kappa shape index (κ3) is 4.24. The molecule has 0 saturated carbocycles. The number of phenolic OH excluding ortho intramolecular Hbond substituents is 7. The van der Waals surface area contributed by atoms with Crippen molar-refractivity contribution in [2.24, 2.45) is 0 Å². The van der Waals surface area contributed by atoms with Gasteiger partial charge in [-0.25, -0.2) is 0 Å². The van der Waals surface area contributed by atoms with Crippen LogP contribution in [0.2, 0.25) is 0 Å². The summed E-state index contributed by atoms with van der Waals surface area (Å²) < 4.78 is 12.0. The zero-order chi connectivity index (χ0) is 29.2. The first-order valence-corrected chi connectivity index (χ1v) is 12.4. The van der Waals surface area contributed by atoms with E-state index in [9.17, 15) is 45.3 Å². The molecular weight excluding hydrogens is 536 g/mol. The van der Waals surface area contributed by atoms with Crippen molar-refractivity contribution in [3.8, 4) is 62.9 Å². The average Bonchev–Trinajstić information content (AvgIpc) is 2.90. The second kappa shape index (κ2) is 9.26. The highest BCUT2D eigenvalue weighted by atomic mass is 16.5. The molecule has 2 heterocycles. The van der Waals surface area contributed by atoms with Gasteiger partial charge in [0.25, 0.3) is 0 Å². The fourth-order valence-electron chi connectivity index (χ4n) is 5.23. The minimum atomic E-state index is -0.970. The van der Waals surface area contributed by atoms with Crippen molar-refractivity contribution in [3.05, 3.63) is 76.9 Å². The molecule has 2 unspecified atom stereocenters. The predicted molar refractivity (Wildman–Crippen MR) is 141 cm³/mol. The van der Waals surface area contributed by atoms with E-state index in [1.54, 1.807) is 0 Å². The fourth-order valence-corrected chi connectivity index (χ4v) is 5.23. The SMILES string of the molecule is O=C1CC(c2ccc(O)c(-c3c(O)cc(O)c4c3OC(c3ccc(O)c(O)c3)CC4=O)c2)Oc2cc(O)cc(O)c21.